The predicted octanol–water partition coefficient (Wildman–Crippen LogP) is 3.11. The molecule has 1 N–H and O–H groups in total. The highest BCUT2D eigenvalue weighted by molar-refractivity contribution is 4.83. The monoisotopic (exact) mass is 225 g/mol. The van der Waals surface area contributed by atoms with Gasteiger partial charge in [-0.05, 0) is 38.5 Å². The molecule has 1 aliphatic carbocycles. The van der Waals surface area contributed by atoms with Crippen molar-refractivity contribution in [3.05, 3.63) is 0 Å². The molecule has 0 bridgehead atoms. The molecule has 0 amide bonds. The molecule has 4 atom stereocenters. The van der Waals surface area contributed by atoms with Gasteiger partial charge in [-0.1, -0.05) is 26.2 Å². The Balaban J connectivity index is 1.75. The summed E-state index contributed by atoms with van der Waals surface area (Å²) >= 11 is 0. The van der Waals surface area contributed by atoms with E-state index in [1.807, 2.05) is 0 Å². The van der Waals surface area contributed by atoms with Crippen molar-refractivity contribution in [1.82, 2.24) is 5.32 Å². The lowest BCUT2D eigenvalue weighted by molar-refractivity contribution is 0.00969. The number of hydrogen-bond acceptors (Lipinski definition) is 2. The number of rotatable bonds is 3. The molecule has 16 heavy (non-hydrogen) atoms. The van der Waals surface area contributed by atoms with Gasteiger partial charge in [0, 0.05) is 18.7 Å². The van der Waals surface area contributed by atoms with E-state index in [0.29, 0.717) is 12.1 Å². The van der Waals surface area contributed by atoms with Gasteiger partial charge in [-0.25, -0.2) is 0 Å². The molecule has 2 heteroatoms. The fourth-order valence-corrected chi connectivity index (χ4v) is 3.30. The SMILES string of the molecule is CCC1CCCC(NC2CCOC(C)C2)C1. The fraction of sp³-hybridized carbons (Fsp3) is 1.00. The molecule has 2 fully saturated rings. The summed E-state index contributed by atoms with van der Waals surface area (Å²) in [6, 6.07) is 1.50. The second kappa shape index (κ2) is 6.02. The van der Waals surface area contributed by atoms with E-state index >= 15 is 0 Å². The Bertz CT molecular complexity index is 207. The van der Waals surface area contributed by atoms with E-state index in [0.717, 1.165) is 18.6 Å². The lowest BCUT2D eigenvalue weighted by Crippen LogP contribution is -2.45. The fourth-order valence-electron chi connectivity index (χ4n) is 3.30. The molecule has 1 saturated carbocycles. The molecular weight excluding hydrogens is 198 g/mol. The van der Waals surface area contributed by atoms with Crippen molar-refractivity contribution < 1.29 is 4.74 Å². The third-order valence-electron chi connectivity index (χ3n) is 4.32. The number of ether oxygens (including phenoxy) is 1. The second-order valence-corrected chi connectivity index (χ2v) is 5.71. The van der Waals surface area contributed by atoms with Crippen molar-refractivity contribution in [2.45, 2.75) is 77.0 Å². The molecule has 2 nitrogen and oxygen atoms in total. The van der Waals surface area contributed by atoms with E-state index in [1.165, 1.54) is 44.9 Å². The van der Waals surface area contributed by atoms with Crippen LogP contribution in [0.1, 0.15) is 58.8 Å². The first kappa shape index (κ1) is 12.4. The van der Waals surface area contributed by atoms with Crippen LogP contribution in [0.15, 0.2) is 0 Å². The maximum atomic E-state index is 5.60. The Morgan fingerprint density at radius 1 is 1.12 bits per heavy atom. The van der Waals surface area contributed by atoms with E-state index in [4.69, 9.17) is 4.74 Å². The van der Waals surface area contributed by atoms with Crippen molar-refractivity contribution in [3.63, 3.8) is 0 Å². The largest absolute Gasteiger partial charge is 0.378 e. The second-order valence-electron chi connectivity index (χ2n) is 5.71. The summed E-state index contributed by atoms with van der Waals surface area (Å²) in [5.41, 5.74) is 0. The summed E-state index contributed by atoms with van der Waals surface area (Å²) in [4.78, 5) is 0. The summed E-state index contributed by atoms with van der Waals surface area (Å²) in [5, 5.41) is 3.87. The van der Waals surface area contributed by atoms with Crippen molar-refractivity contribution in [1.29, 1.82) is 0 Å². The first-order valence-electron chi connectivity index (χ1n) is 7.15. The first-order valence-corrected chi connectivity index (χ1v) is 7.15. The minimum absolute atomic E-state index is 0.455. The molecular formula is C14H27NO. The molecule has 0 aromatic carbocycles. The van der Waals surface area contributed by atoms with Crippen LogP contribution in [-0.4, -0.2) is 24.8 Å². The zero-order valence-electron chi connectivity index (χ0n) is 10.9. The molecule has 1 aliphatic heterocycles. The van der Waals surface area contributed by atoms with Crippen LogP contribution in [0.25, 0.3) is 0 Å². The van der Waals surface area contributed by atoms with Crippen LogP contribution in [0.5, 0.6) is 0 Å². The molecule has 2 aliphatic rings. The number of hydrogen-bond donors (Lipinski definition) is 1. The van der Waals surface area contributed by atoms with Gasteiger partial charge in [0.15, 0.2) is 0 Å². The summed E-state index contributed by atoms with van der Waals surface area (Å²) in [5.74, 6) is 0.975. The molecule has 1 heterocycles. The summed E-state index contributed by atoms with van der Waals surface area (Å²) in [7, 11) is 0. The Hall–Kier alpha value is -0.0800. The normalized spacial score (nSPS) is 40.9. The quantitative estimate of drug-likeness (QED) is 0.797. The van der Waals surface area contributed by atoms with Crippen LogP contribution in [0.2, 0.25) is 0 Å². The highest BCUT2D eigenvalue weighted by atomic mass is 16.5. The standard InChI is InChI=1S/C14H27NO/c1-3-12-5-4-6-13(10-12)15-14-7-8-16-11(2)9-14/h11-15H,3-10H2,1-2H3. The van der Waals surface area contributed by atoms with E-state index < -0.39 is 0 Å². The van der Waals surface area contributed by atoms with Crippen LogP contribution in [0.4, 0.5) is 0 Å². The Morgan fingerprint density at radius 3 is 2.69 bits per heavy atom. The molecule has 0 radical (unpaired) electrons. The highest BCUT2D eigenvalue weighted by Crippen LogP contribution is 2.27. The zero-order valence-corrected chi connectivity index (χ0v) is 10.9. The average Bonchev–Trinajstić information content (AvgIpc) is 2.29. The van der Waals surface area contributed by atoms with Gasteiger partial charge in [0.1, 0.15) is 0 Å². The van der Waals surface area contributed by atoms with Crippen LogP contribution in [0, 0.1) is 5.92 Å². The van der Waals surface area contributed by atoms with Crippen LogP contribution >= 0.6 is 0 Å². The van der Waals surface area contributed by atoms with Crippen LogP contribution in [-0.2, 0) is 4.74 Å². The van der Waals surface area contributed by atoms with Crippen LogP contribution < -0.4 is 5.32 Å². The van der Waals surface area contributed by atoms with Gasteiger partial charge in [-0.2, -0.15) is 0 Å². The molecule has 4 unspecified atom stereocenters. The van der Waals surface area contributed by atoms with Gasteiger partial charge >= 0.3 is 0 Å². The summed E-state index contributed by atoms with van der Waals surface area (Å²) < 4.78 is 5.60. The van der Waals surface area contributed by atoms with Gasteiger partial charge in [-0.3, -0.25) is 0 Å². The van der Waals surface area contributed by atoms with Gasteiger partial charge in [-0.15, -0.1) is 0 Å². The zero-order chi connectivity index (χ0) is 11.4. The van der Waals surface area contributed by atoms with Gasteiger partial charge in [0.05, 0.1) is 6.10 Å². The van der Waals surface area contributed by atoms with E-state index in [2.05, 4.69) is 19.2 Å². The van der Waals surface area contributed by atoms with Crippen molar-refractivity contribution in [3.8, 4) is 0 Å². The minimum atomic E-state index is 0.455. The third kappa shape index (κ3) is 3.46. The van der Waals surface area contributed by atoms with E-state index in [9.17, 15) is 0 Å². The number of nitrogens with one attached hydrogen (secondary N) is 1. The Morgan fingerprint density at radius 2 is 1.94 bits per heavy atom. The smallest absolute Gasteiger partial charge is 0.0561 e. The Kier molecular flexibility index (Phi) is 4.66. The molecule has 2 rings (SSSR count). The van der Waals surface area contributed by atoms with E-state index in [-0.39, 0.29) is 0 Å². The van der Waals surface area contributed by atoms with Gasteiger partial charge < -0.3 is 10.1 Å². The summed E-state index contributed by atoms with van der Waals surface area (Å²) in [6.45, 7) is 5.48. The maximum Gasteiger partial charge on any atom is 0.0561 e. The molecule has 94 valence electrons. The Labute approximate surface area is 100 Å². The van der Waals surface area contributed by atoms with Crippen molar-refractivity contribution in [2.24, 2.45) is 5.92 Å². The third-order valence-corrected chi connectivity index (χ3v) is 4.32. The van der Waals surface area contributed by atoms with Gasteiger partial charge in [0.25, 0.3) is 0 Å². The average molecular weight is 225 g/mol. The highest BCUT2D eigenvalue weighted by Gasteiger charge is 2.25. The van der Waals surface area contributed by atoms with Gasteiger partial charge in [0.2, 0.25) is 0 Å². The molecule has 0 spiro atoms. The lowest BCUT2D eigenvalue weighted by Gasteiger charge is -2.35. The maximum absolute atomic E-state index is 5.60. The van der Waals surface area contributed by atoms with E-state index in [1.54, 1.807) is 0 Å². The molecule has 1 saturated heterocycles. The topological polar surface area (TPSA) is 21.3 Å². The minimum Gasteiger partial charge on any atom is -0.378 e. The lowest BCUT2D eigenvalue weighted by atomic mass is 9.83. The summed E-state index contributed by atoms with van der Waals surface area (Å²) in [6.07, 6.45) is 9.91. The molecule has 0 aromatic heterocycles. The van der Waals surface area contributed by atoms with Crippen molar-refractivity contribution >= 4 is 0 Å². The van der Waals surface area contributed by atoms with Crippen molar-refractivity contribution in [2.75, 3.05) is 6.61 Å². The van der Waals surface area contributed by atoms with Crippen LogP contribution in [0.3, 0.4) is 0 Å². The first-order chi connectivity index (χ1) is 7.78. The predicted molar refractivity (Wildman–Crippen MR) is 67.6 cm³/mol. The molecule has 0 aromatic rings.